The first-order valence-corrected chi connectivity index (χ1v) is 28.3. The van der Waals surface area contributed by atoms with Gasteiger partial charge in [-0.05, 0) is 44.9 Å². The van der Waals surface area contributed by atoms with E-state index in [0.29, 0.717) is 32.1 Å². The van der Waals surface area contributed by atoms with Crippen LogP contribution in [0.3, 0.4) is 0 Å². The Balaban J connectivity index is 2.62. The van der Waals surface area contributed by atoms with Crippen LogP contribution < -0.4 is 0 Å². The summed E-state index contributed by atoms with van der Waals surface area (Å²) in [6.07, 6.45) is 26.6. The lowest BCUT2D eigenvalue weighted by Gasteiger charge is -2.43. The third kappa shape index (κ3) is 33.5. The fourth-order valence-corrected chi connectivity index (χ4v) is 9.05. The molecule has 9 atom stereocenters. The minimum absolute atomic E-state index is 0.0651. The Morgan fingerprint density at radius 2 is 1.04 bits per heavy atom. The monoisotopic (exact) mass is 1010 g/mol. The lowest BCUT2D eigenvalue weighted by atomic mass is 9.85. The lowest BCUT2D eigenvalue weighted by molar-refractivity contribution is -0.216. The van der Waals surface area contributed by atoms with Gasteiger partial charge in [0, 0.05) is 12.8 Å². The molecule has 68 heavy (non-hydrogen) atoms. The van der Waals surface area contributed by atoms with Gasteiger partial charge in [-0.15, -0.1) is 0 Å². The number of carbonyl (C=O) groups is 2. The average molecular weight is 1010 g/mol. The number of aliphatic hydroxyl groups excluding tert-OH is 5. The van der Waals surface area contributed by atoms with Crippen LogP contribution in [-0.4, -0.2) is 114 Å². The molecular weight excluding hydrogens is 922 g/mol. The van der Waals surface area contributed by atoms with Gasteiger partial charge >= 0.3 is 27.6 Å². The van der Waals surface area contributed by atoms with E-state index in [1.807, 2.05) is 36.5 Å². The summed E-state index contributed by atoms with van der Waals surface area (Å²) in [4.78, 5) is 54.3. The standard InChI is InChI=1S/C49H88O17P2/c1-3-5-7-9-11-12-13-14-15-16-17-18-19-20-24-28-32-36-42(51)62-38-41(39-63-68(60,61)66-49-46(55)44(53)45(54)48(47(49)56)65-67(57,58)59)64-43(52)37-33-29-25-21-23-27-31-35-40(50)34-30-26-22-10-8-6-4-2/h21-22,25-27,30-31,34,40-41,44-50,53-56H,3-20,23-24,28-29,32-33,35-39H2,1-2H3,(H,60,61)(H2,57,58,59)/b25-21+,26-22-,31-27-,34-30-/t40-,41+,44?,45?,46?,47?,48+,49-/m0/s1. The number of ether oxygens (including phenoxy) is 2. The third-order valence-corrected chi connectivity index (χ3v) is 13.0. The molecule has 1 fully saturated rings. The van der Waals surface area contributed by atoms with E-state index in [1.54, 1.807) is 6.08 Å². The first-order chi connectivity index (χ1) is 32.5. The maximum absolute atomic E-state index is 13.0. The molecule has 0 aromatic carbocycles. The Morgan fingerprint density at radius 3 is 1.62 bits per heavy atom. The second kappa shape index (κ2) is 39.5. The highest BCUT2D eigenvalue weighted by atomic mass is 31.2. The van der Waals surface area contributed by atoms with Crippen LogP contribution in [0.2, 0.25) is 0 Å². The molecule has 1 aliphatic carbocycles. The maximum atomic E-state index is 13.0. The molecule has 1 saturated carbocycles. The van der Waals surface area contributed by atoms with Crippen molar-refractivity contribution >= 4 is 27.6 Å². The number of aliphatic hydroxyl groups is 5. The Morgan fingerprint density at radius 1 is 0.544 bits per heavy atom. The molecule has 0 bridgehead atoms. The Labute approximate surface area is 406 Å². The molecule has 19 heteroatoms. The van der Waals surface area contributed by atoms with E-state index in [9.17, 15) is 58.9 Å². The van der Waals surface area contributed by atoms with Crippen molar-refractivity contribution in [3.63, 3.8) is 0 Å². The van der Waals surface area contributed by atoms with Crippen molar-refractivity contribution in [2.24, 2.45) is 0 Å². The van der Waals surface area contributed by atoms with Gasteiger partial charge in [0.1, 0.15) is 43.2 Å². The molecular formula is C49H88O17P2. The summed E-state index contributed by atoms with van der Waals surface area (Å²) in [7, 11) is -10.7. The van der Waals surface area contributed by atoms with Crippen molar-refractivity contribution < 1.29 is 82.0 Å². The van der Waals surface area contributed by atoms with Gasteiger partial charge in [0.2, 0.25) is 0 Å². The van der Waals surface area contributed by atoms with Crippen molar-refractivity contribution in [2.45, 2.75) is 236 Å². The van der Waals surface area contributed by atoms with Gasteiger partial charge in [-0.2, -0.15) is 0 Å². The van der Waals surface area contributed by atoms with Gasteiger partial charge in [0.15, 0.2) is 6.10 Å². The number of unbranched alkanes of at least 4 members (excludes halogenated alkanes) is 20. The summed E-state index contributed by atoms with van der Waals surface area (Å²) in [6.45, 7) is 2.98. The summed E-state index contributed by atoms with van der Waals surface area (Å²) < 4.78 is 49.4. The molecule has 0 aromatic heterocycles. The van der Waals surface area contributed by atoms with E-state index in [0.717, 1.165) is 38.5 Å². The summed E-state index contributed by atoms with van der Waals surface area (Å²) >= 11 is 0. The highest BCUT2D eigenvalue weighted by Gasteiger charge is 2.54. The van der Waals surface area contributed by atoms with E-state index in [-0.39, 0.29) is 12.8 Å². The van der Waals surface area contributed by atoms with Gasteiger partial charge in [-0.3, -0.25) is 23.2 Å². The minimum Gasteiger partial charge on any atom is -0.462 e. The number of hydrogen-bond acceptors (Lipinski definition) is 14. The second-order valence-corrected chi connectivity index (χ2v) is 20.3. The molecule has 0 amide bonds. The number of rotatable bonds is 42. The topological polar surface area (TPSA) is 276 Å². The molecule has 0 saturated heterocycles. The zero-order chi connectivity index (χ0) is 50.5. The second-order valence-electron chi connectivity index (χ2n) is 17.7. The predicted octanol–water partition coefficient (Wildman–Crippen LogP) is 9.04. The Bertz CT molecular complexity index is 1520. The molecule has 5 unspecified atom stereocenters. The number of allylic oxidation sites excluding steroid dienone is 6. The normalized spacial score (nSPS) is 22.1. The SMILES string of the molecule is CCCCC/C=C\C=C/[C@H](O)C/C=C\C/C=C/CCCC(=O)O[C@H](COC(=O)CCCCCCCCCCCCCCCCCCC)COP(=O)(O)O[C@H]1C(O)C(O)C(O)[C@@H](OP(=O)(O)O)C1O. The smallest absolute Gasteiger partial charge is 0.462 e. The van der Waals surface area contributed by atoms with Gasteiger partial charge in [-0.25, -0.2) is 9.13 Å². The van der Waals surface area contributed by atoms with E-state index >= 15 is 0 Å². The van der Waals surface area contributed by atoms with E-state index < -0.39 is 89.6 Å². The van der Waals surface area contributed by atoms with Crippen LogP contribution in [0.4, 0.5) is 0 Å². The first-order valence-electron chi connectivity index (χ1n) is 25.3. The molecule has 0 heterocycles. The van der Waals surface area contributed by atoms with Crippen molar-refractivity contribution in [3.8, 4) is 0 Å². The largest absolute Gasteiger partial charge is 0.472 e. The van der Waals surface area contributed by atoms with Crippen molar-refractivity contribution in [2.75, 3.05) is 13.2 Å². The van der Waals surface area contributed by atoms with Crippen LogP contribution in [0.25, 0.3) is 0 Å². The Hall–Kier alpha value is -2.08. The van der Waals surface area contributed by atoms with Gasteiger partial charge in [-0.1, -0.05) is 178 Å². The Kier molecular flexibility index (Phi) is 37.2. The molecule has 8 N–H and O–H groups in total. The zero-order valence-electron chi connectivity index (χ0n) is 40.9. The number of phosphoric ester groups is 2. The number of phosphoric acid groups is 2. The van der Waals surface area contributed by atoms with Gasteiger partial charge < -0.3 is 49.7 Å². The number of hydrogen-bond donors (Lipinski definition) is 8. The molecule has 0 aliphatic heterocycles. The molecule has 0 radical (unpaired) electrons. The summed E-state index contributed by atoms with van der Waals surface area (Å²) in [5.41, 5.74) is 0. The molecule has 17 nitrogen and oxygen atoms in total. The molecule has 0 spiro atoms. The van der Waals surface area contributed by atoms with E-state index in [1.165, 1.54) is 89.9 Å². The highest BCUT2D eigenvalue weighted by molar-refractivity contribution is 7.47. The van der Waals surface area contributed by atoms with Crippen molar-refractivity contribution in [3.05, 3.63) is 48.6 Å². The summed E-state index contributed by atoms with van der Waals surface area (Å²) in [5, 5.41) is 51.4. The molecule has 1 aliphatic rings. The highest BCUT2D eigenvalue weighted by Crippen LogP contribution is 2.49. The number of carbonyl (C=O) groups excluding carboxylic acids is 2. The fourth-order valence-electron chi connectivity index (χ4n) is 7.51. The fraction of sp³-hybridized carbons (Fsp3) is 0.796. The van der Waals surface area contributed by atoms with E-state index in [4.69, 9.17) is 18.5 Å². The molecule has 396 valence electrons. The summed E-state index contributed by atoms with van der Waals surface area (Å²) in [5.74, 6) is -1.31. The summed E-state index contributed by atoms with van der Waals surface area (Å²) in [6, 6.07) is 0. The van der Waals surface area contributed by atoms with Crippen LogP contribution in [0.1, 0.15) is 187 Å². The van der Waals surface area contributed by atoms with Gasteiger partial charge in [0.25, 0.3) is 0 Å². The van der Waals surface area contributed by atoms with Crippen LogP contribution in [0, 0.1) is 0 Å². The van der Waals surface area contributed by atoms with Crippen LogP contribution >= 0.6 is 15.6 Å². The van der Waals surface area contributed by atoms with Crippen LogP contribution in [-0.2, 0) is 41.8 Å². The van der Waals surface area contributed by atoms with Gasteiger partial charge in [0.05, 0.1) is 12.7 Å². The quantitative estimate of drug-likeness (QED) is 0.00931. The molecule has 1 rings (SSSR count). The lowest BCUT2D eigenvalue weighted by Crippen LogP contribution is -2.64. The van der Waals surface area contributed by atoms with Crippen molar-refractivity contribution in [1.82, 2.24) is 0 Å². The maximum Gasteiger partial charge on any atom is 0.472 e. The van der Waals surface area contributed by atoms with Crippen LogP contribution in [0.5, 0.6) is 0 Å². The molecule has 0 aromatic rings. The number of esters is 2. The average Bonchev–Trinajstić information content (AvgIpc) is 3.29. The van der Waals surface area contributed by atoms with E-state index in [2.05, 4.69) is 24.4 Å². The third-order valence-electron chi connectivity index (χ3n) is 11.5. The predicted molar refractivity (Wildman–Crippen MR) is 261 cm³/mol. The van der Waals surface area contributed by atoms with Crippen molar-refractivity contribution in [1.29, 1.82) is 0 Å². The van der Waals surface area contributed by atoms with Crippen LogP contribution in [0.15, 0.2) is 48.6 Å². The first kappa shape index (κ1) is 63.9. The zero-order valence-corrected chi connectivity index (χ0v) is 42.7. The minimum atomic E-state index is -5.38.